The molecular formula is C48H92N2O6P+. The van der Waals surface area contributed by atoms with Crippen LogP contribution in [0.5, 0.6) is 0 Å². The van der Waals surface area contributed by atoms with Gasteiger partial charge in [0.25, 0.3) is 0 Å². The van der Waals surface area contributed by atoms with E-state index in [0.29, 0.717) is 17.4 Å². The van der Waals surface area contributed by atoms with Crippen LogP contribution in [0.4, 0.5) is 0 Å². The van der Waals surface area contributed by atoms with Crippen molar-refractivity contribution in [2.45, 2.75) is 212 Å². The second-order valence-electron chi connectivity index (χ2n) is 17.1. The fraction of sp³-hybridized carbons (Fsp3) is 0.812. The smallest absolute Gasteiger partial charge is 0.387 e. The summed E-state index contributed by atoms with van der Waals surface area (Å²) in [6.45, 7) is 4.77. The first-order chi connectivity index (χ1) is 27.5. The zero-order valence-corrected chi connectivity index (χ0v) is 38.7. The summed E-state index contributed by atoms with van der Waals surface area (Å²) in [7, 11) is 1.56. The Hall–Kier alpha value is -1.54. The molecule has 0 fully saturated rings. The van der Waals surface area contributed by atoms with E-state index in [2.05, 4.69) is 55.6 Å². The lowest BCUT2D eigenvalue weighted by Gasteiger charge is -2.25. The van der Waals surface area contributed by atoms with E-state index >= 15 is 0 Å². The summed E-state index contributed by atoms with van der Waals surface area (Å²) in [6.07, 6.45) is 50.4. The molecule has 0 aromatic rings. The van der Waals surface area contributed by atoms with E-state index < -0.39 is 20.0 Å². The number of hydrogen-bond donors (Lipinski definition) is 3. The van der Waals surface area contributed by atoms with Gasteiger partial charge >= 0.3 is 7.82 Å². The van der Waals surface area contributed by atoms with E-state index in [-0.39, 0.29) is 19.1 Å². The molecule has 0 aliphatic heterocycles. The molecule has 9 heteroatoms. The molecule has 0 radical (unpaired) electrons. The summed E-state index contributed by atoms with van der Waals surface area (Å²) in [6, 6.07) is -0.847. The van der Waals surface area contributed by atoms with Crippen molar-refractivity contribution in [1.82, 2.24) is 5.32 Å². The number of amides is 1. The van der Waals surface area contributed by atoms with Gasteiger partial charge < -0.3 is 19.8 Å². The van der Waals surface area contributed by atoms with Crippen molar-refractivity contribution in [3.8, 4) is 0 Å². The van der Waals surface area contributed by atoms with Gasteiger partial charge in [-0.2, -0.15) is 0 Å². The number of quaternary nitrogens is 1. The van der Waals surface area contributed by atoms with E-state index in [0.717, 1.165) is 51.4 Å². The first kappa shape index (κ1) is 55.5. The molecule has 0 spiro atoms. The van der Waals surface area contributed by atoms with Crippen LogP contribution in [0, 0.1) is 0 Å². The number of phosphoric acid groups is 1. The van der Waals surface area contributed by atoms with E-state index in [4.69, 9.17) is 9.05 Å². The van der Waals surface area contributed by atoms with E-state index in [9.17, 15) is 19.4 Å². The predicted octanol–water partition coefficient (Wildman–Crippen LogP) is 13.2. The number of nitrogens with zero attached hydrogens (tertiary/aromatic N) is 1. The van der Waals surface area contributed by atoms with Crippen molar-refractivity contribution in [2.24, 2.45) is 0 Å². The highest BCUT2D eigenvalue weighted by Crippen LogP contribution is 2.43. The van der Waals surface area contributed by atoms with Crippen LogP contribution in [-0.4, -0.2) is 73.4 Å². The molecule has 0 aromatic carbocycles. The number of unbranched alkanes of at least 4 members (excludes halogenated alkanes) is 23. The molecule has 0 saturated heterocycles. The van der Waals surface area contributed by atoms with Gasteiger partial charge in [-0.25, -0.2) is 4.57 Å². The summed E-state index contributed by atoms with van der Waals surface area (Å²) in [5.41, 5.74) is 0. The third-order valence-electron chi connectivity index (χ3n) is 10.3. The Labute approximate surface area is 352 Å². The third-order valence-corrected chi connectivity index (χ3v) is 11.3. The van der Waals surface area contributed by atoms with E-state index in [1.165, 1.54) is 128 Å². The van der Waals surface area contributed by atoms with Gasteiger partial charge in [0.1, 0.15) is 13.2 Å². The van der Waals surface area contributed by atoms with Gasteiger partial charge in [0.15, 0.2) is 0 Å². The van der Waals surface area contributed by atoms with Gasteiger partial charge in [-0.1, -0.05) is 184 Å². The van der Waals surface area contributed by atoms with Gasteiger partial charge in [-0.05, 0) is 57.8 Å². The summed E-state index contributed by atoms with van der Waals surface area (Å²) in [4.78, 5) is 23.1. The number of aliphatic hydroxyl groups is 1. The molecule has 8 nitrogen and oxygen atoms in total. The van der Waals surface area contributed by atoms with Gasteiger partial charge in [0, 0.05) is 6.42 Å². The lowest BCUT2D eigenvalue weighted by atomic mass is 10.0. The van der Waals surface area contributed by atoms with Gasteiger partial charge in [0.05, 0.1) is 39.9 Å². The van der Waals surface area contributed by atoms with Crippen molar-refractivity contribution in [2.75, 3.05) is 40.9 Å². The zero-order valence-electron chi connectivity index (χ0n) is 37.8. The van der Waals surface area contributed by atoms with Crippen LogP contribution >= 0.6 is 7.82 Å². The second kappa shape index (κ2) is 39.9. The molecule has 0 rings (SSSR count). The van der Waals surface area contributed by atoms with E-state index in [1.54, 1.807) is 6.08 Å². The lowest BCUT2D eigenvalue weighted by Crippen LogP contribution is -2.45. The van der Waals surface area contributed by atoms with Crippen LogP contribution < -0.4 is 5.32 Å². The average Bonchev–Trinajstić information content (AvgIpc) is 3.16. The van der Waals surface area contributed by atoms with Gasteiger partial charge in [-0.15, -0.1) is 0 Å². The molecule has 0 bridgehead atoms. The number of aliphatic hydroxyl groups excluding tert-OH is 1. The second-order valence-corrected chi connectivity index (χ2v) is 18.6. The quantitative estimate of drug-likeness (QED) is 0.0245. The average molecular weight is 824 g/mol. The van der Waals surface area contributed by atoms with Gasteiger partial charge in [-0.3, -0.25) is 13.8 Å². The number of phosphoric ester groups is 1. The lowest BCUT2D eigenvalue weighted by molar-refractivity contribution is -0.870. The molecule has 334 valence electrons. The maximum Gasteiger partial charge on any atom is 0.472 e. The highest BCUT2D eigenvalue weighted by Gasteiger charge is 2.27. The summed E-state index contributed by atoms with van der Waals surface area (Å²) in [5, 5.41) is 13.8. The Bertz CT molecular complexity index is 1070. The minimum Gasteiger partial charge on any atom is -0.387 e. The SMILES string of the molecule is CCCCCCC/C=C\C/C=C\C/C=C\CCCCCCCCCCCCC(=O)NC(COP(=O)(O)OCC[N+](C)(C)C)C(O)/C=C/CCCCCCCCCC. The molecule has 3 atom stereocenters. The first-order valence-corrected chi connectivity index (χ1v) is 25.0. The van der Waals surface area contributed by atoms with Crippen LogP contribution in [0.1, 0.15) is 200 Å². The van der Waals surface area contributed by atoms with Crippen LogP contribution in [0.3, 0.4) is 0 Å². The highest BCUT2D eigenvalue weighted by atomic mass is 31.2. The fourth-order valence-electron chi connectivity index (χ4n) is 6.52. The number of rotatable bonds is 42. The van der Waals surface area contributed by atoms with Gasteiger partial charge in [0.2, 0.25) is 5.91 Å². The molecule has 0 aliphatic carbocycles. The van der Waals surface area contributed by atoms with Crippen molar-refractivity contribution in [3.05, 3.63) is 48.6 Å². The number of allylic oxidation sites excluding steroid dienone is 7. The zero-order chi connectivity index (χ0) is 42.1. The molecule has 1 amide bonds. The number of carbonyl (C=O) groups excluding carboxylic acids is 1. The van der Waals surface area contributed by atoms with Crippen molar-refractivity contribution >= 4 is 13.7 Å². The predicted molar refractivity (Wildman–Crippen MR) is 244 cm³/mol. The van der Waals surface area contributed by atoms with Crippen LogP contribution in [0.15, 0.2) is 48.6 Å². The van der Waals surface area contributed by atoms with Crippen molar-refractivity contribution < 1.29 is 32.9 Å². The van der Waals surface area contributed by atoms with Crippen LogP contribution in [0.2, 0.25) is 0 Å². The third kappa shape index (κ3) is 42.4. The number of likely N-dealkylation sites (N-methyl/N-ethyl adjacent to an activating group) is 1. The number of hydrogen-bond acceptors (Lipinski definition) is 5. The minimum atomic E-state index is -4.34. The minimum absolute atomic E-state index is 0.0593. The molecule has 3 N–H and O–H groups in total. The van der Waals surface area contributed by atoms with Crippen molar-refractivity contribution in [1.29, 1.82) is 0 Å². The monoisotopic (exact) mass is 824 g/mol. The molecule has 57 heavy (non-hydrogen) atoms. The fourth-order valence-corrected chi connectivity index (χ4v) is 7.25. The molecule has 3 unspecified atom stereocenters. The summed E-state index contributed by atoms with van der Waals surface area (Å²) >= 11 is 0. The largest absolute Gasteiger partial charge is 0.472 e. The standard InChI is InChI=1S/C48H91N2O6P/c1-6-8-10-12-14-16-18-19-20-21-22-23-24-25-26-27-28-29-30-31-32-34-36-38-40-42-48(52)49-46(45-56-57(53,54)55-44-43-50(3,4)5)47(51)41-39-37-35-33-17-15-13-11-9-7-2/h18-19,21-22,24-25,39,41,46-47,51H,6-17,20,23,26-38,40,42-45H2,1-5H3,(H-,49,52,53,54)/p+1/b19-18-,22-21-,25-24-,41-39+. The molecule has 0 aromatic heterocycles. The number of carbonyl (C=O) groups is 1. The molecular weight excluding hydrogens is 732 g/mol. The van der Waals surface area contributed by atoms with E-state index in [1.807, 2.05) is 27.2 Å². The van der Waals surface area contributed by atoms with Crippen LogP contribution in [-0.2, 0) is 18.4 Å². The summed E-state index contributed by atoms with van der Waals surface area (Å²) in [5.74, 6) is -0.185. The van der Waals surface area contributed by atoms with Crippen LogP contribution in [0.25, 0.3) is 0 Å². The normalized spacial score (nSPS) is 14.7. The Morgan fingerprint density at radius 2 is 1.00 bits per heavy atom. The Kier molecular flexibility index (Phi) is 38.8. The maximum absolute atomic E-state index is 12.9. The Morgan fingerprint density at radius 3 is 1.46 bits per heavy atom. The topological polar surface area (TPSA) is 105 Å². The highest BCUT2D eigenvalue weighted by molar-refractivity contribution is 7.47. The molecule has 0 aliphatic rings. The Balaban J connectivity index is 4.22. The summed E-state index contributed by atoms with van der Waals surface area (Å²) < 4.78 is 23.5. The molecule has 0 saturated carbocycles. The van der Waals surface area contributed by atoms with Crippen molar-refractivity contribution in [3.63, 3.8) is 0 Å². The number of nitrogens with one attached hydrogen (secondary N) is 1. The first-order valence-electron chi connectivity index (χ1n) is 23.5. The molecule has 0 heterocycles. The Morgan fingerprint density at radius 1 is 0.596 bits per heavy atom. The maximum atomic E-state index is 12.9.